The van der Waals surface area contributed by atoms with Crippen molar-refractivity contribution >= 4 is 39.5 Å². The van der Waals surface area contributed by atoms with E-state index in [0.717, 1.165) is 29.2 Å². The van der Waals surface area contributed by atoms with E-state index in [1.165, 1.54) is 0 Å². The quantitative estimate of drug-likeness (QED) is 0.752. The second-order valence-electron chi connectivity index (χ2n) is 5.60. The van der Waals surface area contributed by atoms with Crippen LogP contribution in [0, 0.1) is 5.92 Å². The Bertz CT molecular complexity index is 789. The summed E-state index contributed by atoms with van der Waals surface area (Å²) in [5.74, 6) is -0.458. The smallest absolute Gasteiger partial charge is 0.303 e. The molecule has 1 atom stereocenters. The SMILES string of the molecule is O=C(O)CC(c1c2ccoc2c(Cl)c2ccoc12)C1CC1. The lowest BCUT2D eigenvalue weighted by Gasteiger charge is -2.16. The van der Waals surface area contributed by atoms with Gasteiger partial charge in [-0.05, 0) is 30.9 Å². The van der Waals surface area contributed by atoms with Crippen molar-refractivity contribution in [2.24, 2.45) is 5.92 Å². The molecule has 4 rings (SSSR count). The van der Waals surface area contributed by atoms with E-state index < -0.39 is 5.97 Å². The van der Waals surface area contributed by atoms with Crippen molar-refractivity contribution in [1.82, 2.24) is 0 Å². The number of fused-ring (bicyclic) bond motifs is 2. The lowest BCUT2D eigenvalue weighted by atomic mass is 9.87. The molecule has 0 bridgehead atoms. The van der Waals surface area contributed by atoms with Gasteiger partial charge in [0.1, 0.15) is 5.58 Å². The van der Waals surface area contributed by atoms with Gasteiger partial charge in [-0.25, -0.2) is 0 Å². The molecule has 0 radical (unpaired) electrons. The zero-order chi connectivity index (χ0) is 14.6. The van der Waals surface area contributed by atoms with E-state index in [-0.39, 0.29) is 12.3 Å². The Morgan fingerprint density at radius 2 is 1.90 bits per heavy atom. The molecule has 1 unspecified atom stereocenters. The summed E-state index contributed by atoms with van der Waals surface area (Å²) in [6.45, 7) is 0. The average Bonchev–Trinajstić information content (AvgIpc) is 2.98. The molecule has 1 saturated carbocycles. The molecule has 1 aromatic carbocycles. The molecule has 21 heavy (non-hydrogen) atoms. The second kappa shape index (κ2) is 4.53. The molecule has 1 fully saturated rings. The summed E-state index contributed by atoms with van der Waals surface area (Å²) in [6.07, 6.45) is 5.39. The average molecular weight is 305 g/mol. The molecule has 1 aliphatic rings. The highest BCUT2D eigenvalue weighted by molar-refractivity contribution is 6.40. The van der Waals surface area contributed by atoms with E-state index in [2.05, 4.69) is 0 Å². The van der Waals surface area contributed by atoms with Crippen molar-refractivity contribution < 1.29 is 18.7 Å². The number of aliphatic carboxylic acids is 1. The number of hydrogen-bond acceptors (Lipinski definition) is 3. The first-order chi connectivity index (χ1) is 10.2. The molecule has 0 saturated heterocycles. The van der Waals surface area contributed by atoms with E-state index in [1.807, 2.05) is 6.07 Å². The molecule has 4 nitrogen and oxygen atoms in total. The summed E-state index contributed by atoms with van der Waals surface area (Å²) in [4.78, 5) is 11.3. The maximum absolute atomic E-state index is 11.3. The Labute approximate surface area is 125 Å². The summed E-state index contributed by atoms with van der Waals surface area (Å²) in [5, 5.41) is 11.4. The van der Waals surface area contributed by atoms with Gasteiger partial charge in [0.25, 0.3) is 0 Å². The Morgan fingerprint density at radius 3 is 2.57 bits per heavy atom. The van der Waals surface area contributed by atoms with Crippen LogP contribution in [0.3, 0.4) is 0 Å². The fourth-order valence-electron chi connectivity index (χ4n) is 3.19. The largest absolute Gasteiger partial charge is 0.481 e. The zero-order valence-electron chi connectivity index (χ0n) is 11.1. The third-order valence-corrected chi connectivity index (χ3v) is 4.63. The van der Waals surface area contributed by atoms with Crippen LogP contribution in [0.4, 0.5) is 0 Å². The van der Waals surface area contributed by atoms with Crippen LogP contribution in [-0.2, 0) is 4.79 Å². The number of carboxylic acids is 1. The first kappa shape index (κ1) is 12.8. The maximum Gasteiger partial charge on any atom is 0.303 e. The van der Waals surface area contributed by atoms with Gasteiger partial charge in [-0.1, -0.05) is 11.6 Å². The predicted molar refractivity (Wildman–Crippen MR) is 78.7 cm³/mol. The maximum atomic E-state index is 11.3. The number of carboxylic acid groups (broad SMARTS) is 1. The Hall–Kier alpha value is -1.94. The second-order valence-corrected chi connectivity index (χ2v) is 5.97. The van der Waals surface area contributed by atoms with Crippen LogP contribution in [0.15, 0.2) is 33.5 Å². The summed E-state index contributed by atoms with van der Waals surface area (Å²) in [7, 11) is 0. The lowest BCUT2D eigenvalue weighted by Crippen LogP contribution is -2.09. The van der Waals surface area contributed by atoms with Crippen molar-refractivity contribution in [3.8, 4) is 0 Å². The summed E-state index contributed by atoms with van der Waals surface area (Å²) < 4.78 is 11.1. The van der Waals surface area contributed by atoms with Gasteiger partial charge in [0.2, 0.25) is 0 Å². The standard InChI is InChI=1S/C16H13ClO4/c17-14-10-4-6-20-15(10)13(9-3-5-21-16(9)14)11(7-12(18)19)8-1-2-8/h3-6,8,11H,1-2,7H2,(H,18,19). The van der Waals surface area contributed by atoms with Crippen molar-refractivity contribution in [1.29, 1.82) is 0 Å². The van der Waals surface area contributed by atoms with Gasteiger partial charge in [0.05, 0.1) is 24.0 Å². The monoisotopic (exact) mass is 304 g/mol. The summed E-state index contributed by atoms with van der Waals surface area (Å²) in [5.41, 5.74) is 2.22. The summed E-state index contributed by atoms with van der Waals surface area (Å²) in [6, 6.07) is 3.64. The highest BCUT2D eigenvalue weighted by Crippen LogP contribution is 2.50. The molecule has 2 heterocycles. The molecule has 1 N–H and O–H groups in total. The predicted octanol–water partition coefficient (Wildman–Crippen LogP) is 4.80. The normalized spacial score (nSPS) is 16.6. The van der Waals surface area contributed by atoms with Gasteiger partial charge < -0.3 is 13.9 Å². The number of furan rings is 2. The fraction of sp³-hybridized carbons (Fsp3) is 0.312. The molecular formula is C16H13ClO4. The van der Waals surface area contributed by atoms with Crippen LogP contribution in [0.2, 0.25) is 5.02 Å². The van der Waals surface area contributed by atoms with Crippen LogP contribution in [-0.4, -0.2) is 11.1 Å². The van der Waals surface area contributed by atoms with Crippen LogP contribution >= 0.6 is 11.6 Å². The van der Waals surface area contributed by atoms with Crippen molar-refractivity contribution in [2.45, 2.75) is 25.2 Å². The first-order valence-electron chi connectivity index (χ1n) is 6.94. The van der Waals surface area contributed by atoms with Crippen LogP contribution in [0.1, 0.15) is 30.7 Å². The molecule has 108 valence electrons. The van der Waals surface area contributed by atoms with Gasteiger partial charge in [-0.15, -0.1) is 0 Å². The Kier molecular flexibility index (Phi) is 2.76. The summed E-state index contributed by atoms with van der Waals surface area (Å²) >= 11 is 6.36. The highest BCUT2D eigenvalue weighted by atomic mass is 35.5. The molecule has 1 aliphatic carbocycles. The zero-order valence-corrected chi connectivity index (χ0v) is 11.9. The number of carbonyl (C=O) groups is 1. The van der Waals surface area contributed by atoms with E-state index >= 15 is 0 Å². The lowest BCUT2D eigenvalue weighted by molar-refractivity contribution is -0.137. The fourth-order valence-corrected chi connectivity index (χ4v) is 3.48. The van der Waals surface area contributed by atoms with Gasteiger partial charge in [0, 0.05) is 22.3 Å². The first-order valence-corrected chi connectivity index (χ1v) is 7.32. The van der Waals surface area contributed by atoms with Gasteiger partial charge in [0.15, 0.2) is 5.58 Å². The van der Waals surface area contributed by atoms with Crippen molar-refractivity contribution in [3.05, 3.63) is 35.2 Å². The van der Waals surface area contributed by atoms with E-state index in [9.17, 15) is 9.90 Å². The van der Waals surface area contributed by atoms with E-state index in [4.69, 9.17) is 20.4 Å². The number of halogens is 1. The van der Waals surface area contributed by atoms with Crippen LogP contribution < -0.4 is 0 Å². The minimum absolute atomic E-state index is 0.0616. The number of rotatable bonds is 4. The molecule has 5 heteroatoms. The molecule has 2 aromatic heterocycles. The van der Waals surface area contributed by atoms with Crippen LogP contribution in [0.25, 0.3) is 21.9 Å². The molecule has 3 aromatic rings. The number of benzene rings is 1. The minimum Gasteiger partial charge on any atom is -0.481 e. The number of hydrogen-bond donors (Lipinski definition) is 1. The van der Waals surface area contributed by atoms with Gasteiger partial charge >= 0.3 is 5.97 Å². The molecule has 0 spiro atoms. The van der Waals surface area contributed by atoms with E-state index in [0.29, 0.717) is 22.1 Å². The third-order valence-electron chi connectivity index (χ3n) is 4.26. The van der Waals surface area contributed by atoms with Gasteiger partial charge in [-0.2, -0.15) is 0 Å². The Balaban J connectivity index is 2.03. The van der Waals surface area contributed by atoms with Crippen molar-refractivity contribution in [2.75, 3.05) is 0 Å². The topological polar surface area (TPSA) is 63.6 Å². The van der Waals surface area contributed by atoms with Gasteiger partial charge in [-0.3, -0.25) is 4.79 Å². The van der Waals surface area contributed by atoms with E-state index in [1.54, 1.807) is 18.6 Å². The Morgan fingerprint density at radius 1 is 1.24 bits per heavy atom. The minimum atomic E-state index is -0.793. The molecule has 0 amide bonds. The third kappa shape index (κ3) is 1.94. The van der Waals surface area contributed by atoms with Crippen molar-refractivity contribution in [3.63, 3.8) is 0 Å². The highest BCUT2D eigenvalue weighted by Gasteiger charge is 2.37. The van der Waals surface area contributed by atoms with Crippen LogP contribution in [0.5, 0.6) is 0 Å². The molecule has 0 aliphatic heterocycles. The molecular weight excluding hydrogens is 292 g/mol.